The number of benzene rings is 3. The summed E-state index contributed by atoms with van der Waals surface area (Å²) < 4.78 is 28.9. The van der Waals surface area contributed by atoms with Gasteiger partial charge in [0, 0.05) is 42.4 Å². The fraction of sp³-hybridized carbons (Fsp3) is 0.133. The number of aromatic nitrogens is 1. The van der Waals surface area contributed by atoms with E-state index < -0.39 is 10.0 Å². The highest BCUT2D eigenvalue weighted by Crippen LogP contribution is 2.38. The van der Waals surface area contributed by atoms with Crippen molar-refractivity contribution in [1.82, 2.24) is 14.6 Å². The molecule has 8 nitrogen and oxygen atoms in total. The van der Waals surface area contributed by atoms with Crippen molar-refractivity contribution in [3.63, 3.8) is 0 Å². The topological polar surface area (TPSA) is 103 Å². The van der Waals surface area contributed by atoms with Gasteiger partial charge in [0.05, 0.1) is 16.2 Å². The lowest BCUT2D eigenvalue weighted by molar-refractivity contribution is -0.110. The first-order valence-electron chi connectivity index (χ1n) is 12.4. The lowest BCUT2D eigenvalue weighted by atomic mass is 10.00. The fourth-order valence-corrected chi connectivity index (χ4v) is 5.46. The monoisotopic (exact) mass is 539 g/mol. The molecule has 1 aliphatic rings. The number of sulfonamides is 1. The summed E-state index contributed by atoms with van der Waals surface area (Å²) in [6.45, 7) is 0.919. The molecular weight excluding hydrogens is 510 g/mol. The summed E-state index contributed by atoms with van der Waals surface area (Å²) in [5, 5.41) is 6.31. The summed E-state index contributed by atoms with van der Waals surface area (Å²) in [5.41, 5.74) is 5.55. The van der Waals surface area contributed by atoms with Crippen molar-refractivity contribution in [2.45, 2.75) is 18.0 Å². The second-order valence-electron chi connectivity index (χ2n) is 9.52. The van der Waals surface area contributed by atoms with E-state index >= 15 is 0 Å². The van der Waals surface area contributed by atoms with E-state index in [1.165, 1.54) is 6.07 Å². The van der Waals surface area contributed by atoms with Crippen LogP contribution in [0.4, 0.5) is 11.4 Å². The van der Waals surface area contributed by atoms with E-state index in [1.807, 2.05) is 68.7 Å². The van der Waals surface area contributed by atoms with Gasteiger partial charge in [-0.05, 0) is 67.2 Å². The predicted molar refractivity (Wildman–Crippen MR) is 154 cm³/mol. The van der Waals surface area contributed by atoms with Gasteiger partial charge in [-0.3, -0.25) is 9.78 Å². The van der Waals surface area contributed by atoms with Crippen LogP contribution in [0, 0.1) is 0 Å². The molecule has 4 aromatic rings. The minimum absolute atomic E-state index is 0.0691. The minimum atomic E-state index is -3.85. The van der Waals surface area contributed by atoms with E-state index in [1.54, 1.807) is 36.7 Å². The zero-order valence-corrected chi connectivity index (χ0v) is 22.5. The lowest BCUT2D eigenvalue weighted by Crippen LogP contribution is -2.23. The van der Waals surface area contributed by atoms with Crippen molar-refractivity contribution < 1.29 is 13.2 Å². The third-order valence-corrected chi connectivity index (χ3v) is 7.67. The molecule has 5 rings (SSSR count). The fourth-order valence-electron chi connectivity index (χ4n) is 4.41. The number of fused-ring (bicyclic) bond motifs is 1. The van der Waals surface area contributed by atoms with Crippen LogP contribution < -0.4 is 15.4 Å². The molecule has 0 saturated heterocycles. The van der Waals surface area contributed by atoms with E-state index in [4.69, 9.17) is 0 Å². The van der Waals surface area contributed by atoms with E-state index in [-0.39, 0.29) is 17.3 Å². The van der Waals surface area contributed by atoms with Crippen LogP contribution in [0.3, 0.4) is 0 Å². The molecule has 0 radical (unpaired) electrons. The van der Waals surface area contributed by atoms with Crippen LogP contribution in [0.2, 0.25) is 0 Å². The van der Waals surface area contributed by atoms with Crippen LogP contribution in [-0.2, 0) is 27.9 Å². The molecule has 0 spiro atoms. The maximum Gasteiger partial charge on any atom is 0.258 e. The molecule has 0 bridgehead atoms. The van der Waals surface area contributed by atoms with Crippen LogP contribution in [-0.4, -0.2) is 38.3 Å². The number of hydrogen-bond donors (Lipinski definition) is 3. The number of nitrogens with zero attached hydrogens (tertiary/aromatic N) is 2. The standard InChI is InChI=1S/C30H29N5O3S/c1-35(2)20-21-10-12-24(13-11-21)33-29(23-8-4-3-5-9-23)28-26-17-25(14-15-27(26)34-30(28)36)39(37,38)32-19-22-7-6-16-31-18-22/h3-18,32-33H,19-20H2,1-2H3,(H,34,36)/b29-28-. The average molecular weight is 540 g/mol. The molecule has 39 heavy (non-hydrogen) atoms. The average Bonchev–Trinajstić information content (AvgIpc) is 3.27. The maximum absolute atomic E-state index is 13.3. The number of anilines is 2. The number of amides is 1. The normalized spacial score (nSPS) is 14.2. The number of rotatable bonds is 9. The van der Waals surface area contributed by atoms with Crippen LogP contribution in [0.5, 0.6) is 0 Å². The Labute approximate surface area is 228 Å². The Morgan fingerprint density at radius 1 is 0.923 bits per heavy atom. The van der Waals surface area contributed by atoms with Gasteiger partial charge in [-0.1, -0.05) is 48.5 Å². The number of carbonyl (C=O) groups excluding carboxylic acids is 1. The van der Waals surface area contributed by atoms with Crippen LogP contribution >= 0.6 is 0 Å². The summed E-state index contributed by atoms with van der Waals surface area (Å²) in [6, 6.07) is 25.8. The number of carbonyl (C=O) groups is 1. The molecule has 0 fully saturated rings. The molecule has 198 valence electrons. The molecule has 0 saturated carbocycles. The third-order valence-electron chi connectivity index (χ3n) is 6.27. The minimum Gasteiger partial charge on any atom is -0.354 e. The summed E-state index contributed by atoms with van der Waals surface area (Å²) in [4.78, 5) is 19.5. The first-order chi connectivity index (χ1) is 18.8. The highest BCUT2D eigenvalue weighted by molar-refractivity contribution is 7.89. The van der Waals surface area contributed by atoms with Gasteiger partial charge in [0.2, 0.25) is 10.0 Å². The first kappa shape index (κ1) is 26.3. The predicted octanol–water partition coefficient (Wildman–Crippen LogP) is 4.55. The van der Waals surface area contributed by atoms with Gasteiger partial charge >= 0.3 is 0 Å². The molecule has 2 heterocycles. The molecule has 0 unspecified atom stereocenters. The van der Waals surface area contributed by atoms with E-state index in [0.717, 1.165) is 28.9 Å². The molecule has 9 heteroatoms. The molecule has 1 aromatic heterocycles. The Morgan fingerprint density at radius 3 is 2.38 bits per heavy atom. The third kappa shape index (κ3) is 6.06. The molecular formula is C30H29N5O3S. The Balaban J connectivity index is 1.53. The zero-order valence-electron chi connectivity index (χ0n) is 21.7. The van der Waals surface area contributed by atoms with Crippen molar-refractivity contribution in [1.29, 1.82) is 0 Å². The van der Waals surface area contributed by atoms with Gasteiger partial charge in [0.25, 0.3) is 5.91 Å². The Kier molecular flexibility index (Phi) is 7.56. The quantitative estimate of drug-likeness (QED) is 0.270. The van der Waals surface area contributed by atoms with Gasteiger partial charge in [0.1, 0.15) is 0 Å². The maximum atomic E-state index is 13.3. The van der Waals surface area contributed by atoms with Gasteiger partial charge in [-0.2, -0.15) is 0 Å². The number of nitrogens with one attached hydrogen (secondary N) is 3. The second kappa shape index (κ2) is 11.2. The molecule has 1 aliphatic heterocycles. The second-order valence-corrected chi connectivity index (χ2v) is 11.3. The number of hydrogen-bond acceptors (Lipinski definition) is 6. The van der Waals surface area contributed by atoms with Crippen LogP contribution in [0.1, 0.15) is 22.3 Å². The van der Waals surface area contributed by atoms with Crippen molar-refractivity contribution in [3.05, 3.63) is 120 Å². The molecule has 3 N–H and O–H groups in total. The largest absolute Gasteiger partial charge is 0.354 e. The van der Waals surface area contributed by atoms with Crippen LogP contribution in [0.15, 0.2) is 102 Å². The highest BCUT2D eigenvalue weighted by atomic mass is 32.2. The summed E-state index contributed by atoms with van der Waals surface area (Å²) >= 11 is 0. The SMILES string of the molecule is CN(C)Cc1ccc(N/C(=C2\C(=O)Nc3ccc(S(=O)(=O)NCc4cccnc4)cc32)c2ccccc2)cc1. The first-order valence-corrected chi connectivity index (χ1v) is 13.9. The van der Waals surface area contributed by atoms with Gasteiger partial charge in [-0.15, -0.1) is 0 Å². The summed E-state index contributed by atoms with van der Waals surface area (Å²) in [6.07, 6.45) is 3.24. The van der Waals surface area contributed by atoms with Gasteiger partial charge in [-0.25, -0.2) is 13.1 Å². The summed E-state index contributed by atoms with van der Waals surface area (Å²) in [5.74, 6) is -0.307. The smallest absolute Gasteiger partial charge is 0.258 e. The zero-order chi connectivity index (χ0) is 27.4. The van der Waals surface area contributed by atoms with E-state index in [2.05, 4.69) is 25.2 Å². The van der Waals surface area contributed by atoms with Crippen molar-refractivity contribution in [3.8, 4) is 0 Å². The Bertz CT molecular complexity index is 1620. The molecule has 0 atom stereocenters. The molecule has 3 aromatic carbocycles. The van der Waals surface area contributed by atoms with Gasteiger partial charge in [0.15, 0.2) is 0 Å². The highest BCUT2D eigenvalue weighted by Gasteiger charge is 2.30. The molecule has 1 amide bonds. The van der Waals surface area contributed by atoms with E-state index in [0.29, 0.717) is 22.5 Å². The van der Waals surface area contributed by atoms with Crippen molar-refractivity contribution >= 4 is 38.6 Å². The van der Waals surface area contributed by atoms with Crippen LogP contribution in [0.25, 0.3) is 11.3 Å². The van der Waals surface area contributed by atoms with Crippen molar-refractivity contribution in [2.24, 2.45) is 0 Å². The Morgan fingerprint density at radius 2 is 1.69 bits per heavy atom. The number of pyridine rings is 1. The molecule has 0 aliphatic carbocycles. The lowest BCUT2D eigenvalue weighted by Gasteiger charge is -2.16. The van der Waals surface area contributed by atoms with Crippen molar-refractivity contribution in [2.75, 3.05) is 24.7 Å². The Hall–Kier alpha value is -4.31. The van der Waals surface area contributed by atoms with Gasteiger partial charge < -0.3 is 15.5 Å². The summed E-state index contributed by atoms with van der Waals surface area (Å²) in [7, 11) is 0.185. The van der Waals surface area contributed by atoms with E-state index in [9.17, 15) is 13.2 Å².